The van der Waals surface area contributed by atoms with Gasteiger partial charge in [0.05, 0.1) is 25.4 Å². The van der Waals surface area contributed by atoms with E-state index in [9.17, 15) is 19.8 Å². The largest absolute Gasteiger partial charge is 0.481 e. The standard InChI is InChI=1S/C14H22N2O5/c1-15(12-7-21-6-11(12)13(18)19)14(20)16-8-2-3-9(16)5-10(17)4-8/h8-12,17H,2-7H2,1H3,(H,18,19). The maximum atomic E-state index is 12.7. The lowest BCUT2D eigenvalue weighted by Gasteiger charge is -2.40. The number of hydrogen-bond donors (Lipinski definition) is 2. The summed E-state index contributed by atoms with van der Waals surface area (Å²) in [4.78, 5) is 27.4. The number of fused-ring (bicyclic) bond motifs is 2. The summed E-state index contributed by atoms with van der Waals surface area (Å²) in [5.41, 5.74) is 0. The van der Waals surface area contributed by atoms with Crippen LogP contribution in [0.1, 0.15) is 25.7 Å². The summed E-state index contributed by atoms with van der Waals surface area (Å²) in [5, 5.41) is 19.0. The number of carboxylic acids is 1. The first kappa shape index (κ1) is 14.6. The summed E-state index contributed by atoms with van der Waals surface area (Å²) in [7, 11) is 1.65. The molecule has 0 saturated carbocycles. The Bertz CT molecular complexity index is 429. The van der Waals surface area contributed by atoms with Gasteiger partial charge in [0, 0.05) is 19.1 Å². The Morgan fingerprint density at radius 1 is 1.19 bits per heavy atom. The van der Waals surface area contributed by atoms with Gasteiger partial charge in [0.2, 0.25) is 0 Å². The van der Waals surface area contributed by atoms with Gasteiger partial charge in [0.1, 0.15) is 5.92 Å². The van der Waals surface area contributed by atoms with E-state index >= 15 is 0 Å². The summed E-state index contributed by atoms with van der Waals surface area (Å²) in [6, 6.07) is -0.379. The molecule has 118 valence electrons. The smallest absolute Gasteiger partial charge is 0.320 e. The van der Waals surface area contributed by atoms with Crippen LogP contribution in [0, 0.1) is 5.92 Å². The monoisotopic (exact) mass is 298 g/mol. The van der Waals surface area contributed by atoms with Gasteiger partial charge in [-0.2, -0.15) is 0 Å². The SMILES string of the molecule is CN(C(=O)N1C2CCC1CC(O)C2)C1COCC1C(=O)O. The van der Waals surface area contributed by atoms with Crippen LogP contribution in [0.3, 0.4) is 0 Å². The molecular formula is C14H22N2O5. The summed E-state index contributed by atoms with van der Waals surface area (Å²) in [6.45, 7) is 0.425. The fourth-order valence-corrected chi connectivity index (χ4v) is 3.95. The zero-order valence-electron chi connectivity index (χ0n) is 12.1. The van der Waals surface area contributed by atoms with Crippen LogP contribution in [0.4, 0.5) is 4.79 Å². The zero-order chi connectivity index (χ0) is 15.1. The second-order valence-electron chi connectivity index (χ2n) is 6.36. The second kappa shape index (κ2) is 5.46. The van der Waals surface area contributed by atoms with Gasteiger partial charge in [0.25, 0.3) is 0 Å². The Balaban J connectivity index is 1.72. The molecule has 4 unspecified atom stereocenters. The minimum atomic E-state index is -0.922. The van der Waals surface area contributed by atoms with E-state index in [1.165, 1.54) is 4.90 Å². The number of piperidine rings is 1. The molecule has 3 aliphatic heterocycles. The first-order chi connectivity index (χ1) is 9.99. The molecule has 0 radical (unpaired) electrons. The lowest BCUT2D eigenvalue weighted by molar-refractivity contribution is -0.142. The highest BCUT2D eigenvalue weighted by Gasteiger charge is 2.46. The molecule has 3 heterocycles. The molecule has 21 heavy (non-hydrogen) atoms. The third kappa shape index (κ3) is 2.48. The maximum absolute atomic E-state index is 12.7. The number of ether oxygens (including phenoxy) is 1. The molecule has 0 aromatic heterocycles. The number of carbonyl (C=O) groups excluding carboxylic acids is 1. The number of likely N-dealkylation sites (N-methyl/N-ethyl adjacent to an activating group) is 1. The summed E-state index contributed by atoms with van der Waals surface area (Å²) >= 11 is 0. The summed E-state index contributed by atoms with van der Waals surface area (Å²) < 4.78 is 5.24. The van der Waals surface area contributed by atoms with Gasteiger partial charge in [-0.3, -0.25) is 4.79 Å². The van der Waals surface area contributed by atoms with Crippen molar-refractivity contribution < 1.29 is 24.5 Å². The van der Waals surface area contributed by atoms with Crippen molar-refractivity contribution in [3.8, 4) is 0 Å². The molecule has 7 heteroatoms. The molecule has 3 rings (SSSR count). The van der Waals surface area contributed by atoms with Crippen LogP contribution < -0.4 is 0 Å². The predicted octanol–water partition coefficient (Wildman–Crippen LogP) is 0.126. The van der Waals surface area contributed by atoms with Crippen LogP contribution in [0.2, 0.25) is 0 Å². The van der Waals surface area contributed by atoms with Gasteiger partial charge < -0.3 is 24.7 Å². The molecule has 0 aliphatic carbocycles. The number of urea groups is 1. The predicted molar refractivity (Wildman–Crippen MR) is 72.8 cm³/mol. The Hall–Kier alpha value is -1.34. The van der Waals surface area contributed by atoms with E-state index < -0.39 is 17.9 Å². The van der Waals surface area contributed by atoms with Crippen molar-refractivity contribution in [3.05, 3.63) is 0 Å². The number of aliphatic hydroxyl groups is 1. The number of amides is 2. The quantitative estimate of drug-likeness (QED) is 0.756. The molecule has 3 aliphatic rings. The van der Waals surface area contributed by atoms with E-state index in [-0.39, 0.29) is 37.4 Å². The molecule has 2 amide bonds. The Labute approximate surface area is 123 Å². The minimum Gasteiger partial charge on any atom is -0.481 e. The van der Waals surface area contributed by atoms with Crippen molar-refractivity contribution in [3.63, 3.8) is 0 Å². The number of rotatable bonds is 2. The number of nitrogens with zero attached hydrogens (tertiary/aromatic N) is 2. The van der Waals surface area contributed by atoms with Crippen molar-refractivity contribution in [2.45, 2.75) is 49.9 Å². The molecule has 3 fully saturated rings. The fourth-order valence-electron chi connectivity index (χ4n) is 3.95. The number of carboxylic acid groups (broad SMARTS) is 1. The van der Waals surface area contributed by atoms with Crippen LogP contribution in [-0.2, 0) is 9.53 Å². The molecule has 7 nitrogen and oxygen atoms in total. The first-order valence-corrected chi connectivity index (χ1v) is 7.52. The Kier molecular flexibility index (Phi) is 3.79. The zero-order valence-corrected chi connectivity index (χ0v) is 12.1. The van der Waals surface area contributed by atoms with Crippen LogP contribution in [-0.4, -0.2) is 76.5 Å². The van der Waals surface area contributed by atoms with Crippen molar-refractivity contribution in [2.75, 3.05) is 20.3 Å². The number of hydrogen-bond acceptors (Lipinski definition) is 4. The van der Waals surface area contributed by atoms with E-state index in [1.807, 2.05) is 4.90 Å². The molecule has 4 atom stereocenters. The van der Waals surface area contributed by atoms with E-state index in [0.29, 0.717) is 12.8 Å². The van der Waals surface area contributed by atoms with E-state index in [2.05, 4.69) is 0 Å². The highest BCUT2D eigenvalue weighted by molar-refractivity contribution is 5.78. The number of aliphatic carboxylic acids is 1. The van der Waals surface area contributed by atoms with Crippen LogP contribution in [0.25, 0.3) is 0 Å². The molecule has 2 bridgehead atoms. The average molecular weight is 298 g/mol. The third-order valence-electron chi connectivity index (χ3n) is 5.10. The van der Waals surface area contributed by atoms with E-state index in [0.717, 1.165) is 12.8 Å². The van der Waals surface area contributed by atoms with Crippen molar-refractivity contribution >= 4 is 12.0 Å². The minimum absolute atomic E-state index is 0.0827. The van der Waals surface area contributed by atoms with Gasteiger partial charge in [-0.1, -0.05) is 0 Å². The Morgan fingerprint density at radius 3 is 2.38 bits per heavy atom. The van der Waals surface area contributed by atoms with Crippen molar-refractivity contribution in [2.24, 2.45) is 5.92 Å². The van der Waals surface area contributed by atoms with Crippen LogP contribution in [0.15, 0.2) is 0 Å². The van der Waals surface area contributed by atoms with Crippen LogP contribution in [0.5, 0.6) is 0 Å². The third-order valence-corrected chi connectivity index (χ3v) is 5.10. The molecular weight excluding hydrogens is 276 g/mol. The number of carbonyl (C=O) groups is 2. The summed E-state index contributed by atoms with van der Waals surface area (Å²) in [6.07, 6.45) is 2.77. The van der Waals surface area contributed by atoms with Crippen molar-refractivity contribution in [1.29, 1.82) is 0 Å². The summed E-state index contributed by atoms with van der Waals surface area (Å²) in [5.74, 6) is -1.58. The molecule has 0 aromatic carbocycles. The van der Waals surface area contributed by atoms with Crippen LogP contribution >= 0.6 is 0 Å². The Morgan fingerprint density at radius 2 is 1.81 bits per heavy atom. The molecule has 3 saturated heterocycles. The normalized spacial score (nSPS) is 38.6. The fraction of sp³-hybridized carbons (Fsp3) is 0.857. The van der Waals surface area contributed by atoms with Gasteiger partial charge in [0.15, 0.2) is 0 Å². The molecule has 0 spiro atoms. The van der Waals surface area contributed by atoms with E-state index in [1.54, 1.807) is 7.05 Å². The first-order valence-electron chi connectivity index (χ1n) is 7.52. The topological polar surface area (TPSA) is 90.3 Å². The van der Waals surface area contributed by atoms with Gasteiger partial charge in [-0.15, -0.1) is 0 Å². The van der Waals surface area contributed by atoms with Crippen molar-refractivity contribution in [1.82, 2.24) is 9.80 Å². The highest BCUT2D eigenvalue weighted by Crippen LogP contribution is 2.37. The lowest BCUT2D eigenvalue weighted by Crippen LogP contribution is -2.56. The second-order valence-corrected chi connectivity index (χ2v) is 6.36. The van der Waals surface area contributed by atoms with Gasteiger partial charge in [-0.25, -0.2) is 4.79 Å². The van der Waals surface area contributed by atoms with Gasteiger partial charge >= 0.3 is 12.0 Å². The van der Waals surface area contributed by atoms with E-state index in [4.69, 9.17) is 4.74 Å². The maximum Gasteiger partial charge on any atom is 0.320 e. The molecule has 2 N–H and O–H groups in total. The molecule has 0 aromatic rings. The average Bonchev–Trinajstić information content (AvgIpc) is 3.01. The number of aliphatic hydroxyl groups excluding tert-OH is 1. The lowest BCUT2D eigenvalue weighted by atomic mass is 9.99. The highest BCUT2D eigenvalue weighted by atomic mass is 16.5. The van der Waals surface area contributed by atoms with Gasteiger partial charge in [-0.05, 0) is 25.7 Å².